The van der Waals surface area contributed by atoms with Gasteiger partial charge in [-0.1, -0.05) is 5.92 Å². The zero-order chi connectivity index (χ0) is 7.52. The van der Waals surface area contributed by atoms with Gasteiger partial charge in [-0.25, -0.2) is 0 Å². The van der Waals surface area contributed by atoms with Gasteiger partial charge >= 0.3 is 0 Å². The predicted molar refractivity (Wildman–Crippen MR) is 46.1 cm³/mol. The Morgan fingerprint density at radius 2 is 2.18 bits per heavy atom. The molecule has 0 radical (unpaired) electrons. The van der Waals surface area contributed by atoms with E-state index in [0.717, 1.165) is 18.9 Å². The summed E-state index contributed by atoms with van der Waals surface area (Å²) in [5, 5.41) is 3.32. The van der Waals surface area contributed by atoms with Crippen LogP contribution in [0.1, 0.15) is 25.7 Å². The molecule has 0 aromatic heterocycles. The van der Waals surface area contributed by atoms with Crippen molar-refractivity contribution in [2.75, 3.05) is 13.1 Å². The highest BCUT2D eigenvalue weighted by Crippen LogP contribution is 2.31. The molecule has 1 saturated heterocycles. The van der Waals surface area contributed by atoms with Gasteiger partial charge in [0.25, 0.3) is 0 Å². The Morgan fingerprint density at radius 1 is 1.27 bits per heavy atom. The molecule has 11 heavy (non-hydrogen) atoms. The Kier molecular flexibility index (Phi) is 2.14. The van der Waals surface area contributed by atoms with Gasteiger partial charge in [-0.15, -0.1) is 5.92 Å². The van der Waals surface area contributed by atoms with Crippen molar-refractivity contribution in [1.29, 1.82) is 0 Å². The van der Waals surface area contributed by atoms with Gasteiger partial charge in [0.1, 0.15) is 0 Å². The summed E-state index contributed by atoms with van der Waals surface area (Å²) < 4.78 is 0. The summed E-state index contributed by atoms with van der Waals surface area (Å²) in [6.45, 7) is 2.29. The van der Waals surface area contributed by atoms with Gasteiger partial charge in [0.2, 0.25) is 0 Å². The van der Waals surface area contributed by atoms with Gasteiger partial charge in [0.05, 0.1) is 0 Å². The van der Waals surface area contributed by atoms with E-state index in [1.54, 1.807) is 0 Å². The van der Waals surface area contributed by atoms with Crippen LogP contribution < -0.4 is 5.32 Å². The van der Waals surface area contributed by atoms with Crippen molar-refractivity contribution in [1.82, 2.24) is 5.32 Å². The van der Waals surface area contributed by atoms with E-state index in [4.69, 9.17) is 0 Å². The molecular weight excluding hydrogens is 134 g/mol. The first kappa shape index (κ1) is 7.18. The summed E-state index contributed by atoms with van der Waals surface area (Å²) in [6, 6.07) is 0. The molecule has 0 bridgehead atoms. The summed E-state index contributed by atoms with van der Waals surface area (Å²) in [4.78, 5) is 0. The molecule has 0 aromatic rings. The summed E-state index contributed by atoms with van der Waals surface area (Å²) >= 11 is 0. The van der Waals surface area contributed by atoms with Gasteiger partial charge in [0, 0.05) is 18.9 Å². The van der Waals surface area contributed by atoms with E-state index in [1.165, 1.54) is 25.8 Å². The quantitative estimate of drug-likeness (QED) is 0.556. The number of hydrogen-bond donors (Lipinski definition) is 1. The molecule has 1 unspecified atom stereocenters. The van der Waals surface area contributed by atoms with Crippen molar-refractivity contribution < 1.29 is 0 Å². The molecular formula is C10H15N. The molecule has 1 atom stereocenters. The topological polar surface area (TPSA) is 12.0 Å². The summed E-state index contributed by atoms with van der Waals surface area (Å²) in [6.07, 6.45) is 5.28. The summed E-state index contributed by atoms with van der Waals surface area (Å²) in [5.74, 6) is 8.27. The molecule has 1 heterocycles. The van der Waals surface area contributed by atoms with Crippen LogP contribution in [0.25, 0.3) is 0 Å². The lowest BCUT2D eigenvalue weighted by Crippen LogP contribution is -2.07. The van der Waals surface area contributed by atoms with Gasteiger partial charge in [-0.3, -0.25) is 0 Å². The highest BCUT2D eigenvalue weighted by molar-refractivity contribution is 5.07. The molecule has 1 aliphatic heterocycles. The number of rotatable bonds is 1. The van der Waals surface area contributed by atoms with E-state index >= 15 is 0 Å². The largest absolute Gasteiger partial charge is 0.315 e. The van der Waals surface area contributed by atoms with Crippen LogP contribution >= 0.6 is 0 Å². The molecule has 1 heteroatoms. The van der Waals surface area contributed by atoms with Crippen molar-refractivity contribution >= 4 is 0 Å². The fourth-order valence-electron chi connectivity index (χ4n) is 1.45. The van der Waals surface area contributed by atoms with E-state index in [1.807, 2.05) is 0 Å². The normalized spacial score (nSPS) is 29.6. The first-order valence-corrected chi connectivity index (χ1v) is 4.64. The smallest absolute Gasteiger partial charge is 0.0339 e. The third kappa shape index (κ3) is 2.24. The fourth-order valence-corrected chi connectivity index (χ4v) is 1.45. The minimum absolute atomic E-state index is 0.661. The van der Waals surface area contributed by atoms with Crippen LogP contribution in [0.5, 0.6) is 0 Å². The number of nitrogens with one attached hydrogen (secondary N) is 1. The highest BCUT2D eigenvalue weighted by Gasteiger charge is 2.19. The Labute approximate surface area is 68.6 Å². The van der Waals surface area contributed by atoms with E-state index < -0.39 is 0 Å². The summed E-state index contributed by atoms with van der Waals surface area (Å²) in [7, 11) is 0. The molecule has 1 N–H and O–H groups in total. The molecule has 0 amide bonds. The standard InChI is InChI=1S/C10H15N/c1(2-9-4-5-9)3-10-6-7-11-8-10/h9-11H,2,4-8H2. The molecule has 0 spiro atoms. The van der Waals surface area contributed by atoms with Gasteiger partial charge < -0.3 is 5.32 Å². The van der Waals surface area contributed by atoms with E-state index in [0.29, 0.717) is 5.92 Å². The SMILES string of the molecule is C(#CC1CCNC1)CC1CC1. The van der Waals surface area contributed by atoms with Gasteiger partial charge in [0.15, 0.2) is 0 Å². The second-order valence-corrected chi connectivity index (χ2v) is 3.66. The van der Waals surface area contributed by atoms with Crippen LogP contribution in [0.4, 0.5) is 0 Å². The Hall–Kier alpha value is -0.480. The van der Waals surface area contributed by atoms with Crippen LogP contribution in [-0.2, 0) is 0 Å². The average molecular weight is 149 g/mol. The van der Waals surface area contributed by atoms with E-state index in [-0.39, 0.29) is 0 Å². The maximum absolute atomic E-state index is 3.34. The Morgan fingerprint density at radius 3 is 2.82 bits per heavy atom. The predicted octanol–water partition coefficient (Wildman–Crippen LogP) is 1.40. The minimum atomic E-state index is 0.661. The molecule has 0 aromatic carbocycles. The second kappa shape index (κ2) is 3.28. The fraction of sp³-hybridized carbons (Fsp3) is 0.800. The van der Waals surface area contributed by atoms with Crippen molar-refractivity contribution in [3.63, 3.8) is 0 Å². The van der Waals surface area contributed by atoms with Crippen LogP contribution in [0, 0.1) is 23.7 Å². The van der Waals surface area contributed by atoms with Crippen molar-refractivity contribution in [2.45, 2.75) is 25.7 Å². The average Bonchev–Trinajstić information content (AvgIpc) is 2.66. The first-order valence-electron chi connectivity index (χ1n) is 4.64. The lowest BCUT2D eigenvalue weighted by Gasteiger charge is -1.93. The molecule has 2 fully saturated rings. The van der Waals surface area contributed by atoms with Crippen LogP contribution in [0.3, 0.4) is 0 Å². The third-order valence-electron chi connectivity index (χ3n) is 2.45. The molecule has 1 nitrogen and oxygen atoms in total. The van der Waals surface area contributed by atoms with Crippen LogP contribution in [0.15, 0.2) is 0 Å². The highest BCUT2D eigenvalue weighted by atomic mass is 14.9. The second-order valence-electron chi connectivity index (χ2n) is 3.66. The van der Waals surface area contributed by atoms with Crippen LogP contribution in [0.2, 0.25) is 0 Å². The first-order chi connectivity index (χ1) is 5.45. The lowest BCUT2D eigenvalue weighted by molar-refractivity contribution is 0.751. The maximum atomic E-state index is 3.34. The Bertz CT molecular complexity index is 177. The van der Waals surface area contributed by atoms with Gasteiger partial charge in [-0.05, 0) is 31.7 Å². The lowest BCUT2D eigenvalue weighted by atomic mass is 10.1. The molecule has 60 valence electrons. The van der Waals surface area contributed by atoms with E-state index in [2.05, 4.69) is 17.2 Å². The minimum Gasteiger partial charge on any atom is -0.315 e. The third-order valence-corrected chi connectivity index (χ3v) is 2.45. The molecule has 2 rings (SSSR count). The zero-order valence-corrected chi connectivity index (χ0v) is 6.90. The molecule has 1 aliphatic carbocycles. The number of hydrogen-bond acceptors (Lipinski definition) is 1. The van der Waals surface area contributed by atoms with Crippen molar-refractivity contribution in [2.24, 2.45) is 11.8 Å². The van der Waals surface area contributed by atoms with E-state index in [9.17, 15) is 0 Å². The van der Waals surface area contributed by atoms with Gasteiger partial charge in [-0.2, -0.15) is 0 Å². The zero-order valence-electron chi connectivity index (χ0n) is 6.90. The molecule has 2 aliphatic rings. The van der Waals surface area contributed by atoms with Crippen molar-refractivity contribution in [3.8, 4) is 11.8 Å². The summed E-state index contributed by atoms with van der Waals surface area (Å²) in [5.41, 5.74) is 0. The van der Waals surface area contributed by atoms with Crippen LogP contribution in [-0.4, -0.2) is 13.1 Å². The monoisotopic (exact) mass is 149 g/mol. The molecule has 1 saturated carbocycles. The Balaban J connectivity index is 1.71. The van der Waals surface area contributed by atoms with Crippen molar-refractivity contribution in [3.05, 3.63) is 0 Å². The maximum Gasteiger partial charge on any atom is 0.0339 e.